The maximum atomic E-state index is 13.0. The average Bonchev–Trinajstić information content (AvgIpc) is 3.07. The van der Waals surface area contributed by atoms with Gasteiger partial charge in [-0.25, -0.2) is 0 Å². The molecule has 3 fully saturated rings. The van der Waals surface area contributed by atoms with E-state index in [4.69, 9.17) is 0 Å². The van der Waals surface area contributed by atoms with Crippen molar-refractivity contribution in [2.45, 2.75) is 64.6 Å². The van der Waals surface area contributed by atoms with Gasteiger partial charge in [0.25, 0.3) is 11.8 Å². The summed E-state index contributed by atoms with van der Waals surface area (Å²) >= 11 is 0. The molecule has 10 nitrogen and oxygen atoms in total. The van der Waals surface area contributed by atoms with Gasteiger partial charge in [-0.05, 0) is 42.9 Å². The van der Waals surface area contributed by atoms with Crippen LogP contribution in [-0.4, -0.2) is 93.7 Å². The smallest absolute Gasteiger partial charge is 0.321 e. The van der Waals surface area contributed by atoms with Crippen LogP contribution in [0.25, 0.3) is 0 Å². The van der Waals surface area contributed by atoms with Crippen LogP contribution < -0.4 is 5.32 Å². The number of carbonyl (C=O) groups excluding carboxylic acids is 4. The Labute approximate surface area is 227 Å². The van der Waals surface area contributed by atoms with Crippen molar-refractivity contribution in [3.05, 3.63) is 34.9 Å². The Balaban J connectivity index is 1.16. The van der Waals surface area contributed by atoms with E-state index in [1.54, 1.807) is 18.2 Å². The Bertz CT molecular complexity index is 1290. The molecule has 2 unspecified atom stereocenters. The maximum Gasteiger partial charge on any atom is 0.321 e. The van der Waals surface area contributed by atoms with Crippen molar-refractivity contribution >= 4 is 29.6 Å². The molecule has 0 radical (unpaired) electrons. The van der Waals surface area contributed by atoms with E-state index < -0.39 is 41.7 Å². The molecule has 4 amide bonds. The predicted molar refractivity (Wildman–Crippen MR) is 141 cm³/mol. The highest BCUT2D eigenvalue weighted by molar-refractivity contribution is 6.23. The fourth-order valence-electron chi connectivity index (χ4n) is 6.22. The zero-order valence-electron chi connectivity index (χ0n) is 22.5. The molecule has 5 rings (SSSR count). The number of hydrogen-bond donors (Lipinski definition) is 2. The SMILES string of the molecule is CC(C)(C)C(C(=O)O)N1CCC(N2CC(C#Cc3ccc4c(c3)C(=O)N(C3CCC(=O)NC3=O)C4=O)C2)CC1. The minimum Gasteiger partial charge on any atom is -0.480 e. The van der Waals surface area contributed by atoms with Crippen LogP contribution in [0.2, 0.25) is 0 Å². The first-order chi connectivity index (χ1) is 18.4. The minimum absolute atomic E-state index is 0.0812. The molecule has 4 aliphatic heterocycles. The topological polar surface area (TPSA) is 127 Å². The minimum atomic E-state index is -0.985. The summed E-state index contributed by atoms with van der Waals surface area (Å²) < 4.78 is 0. The summed E-state index contributed by atoms with van der Waals surface area (Å²) in [6, 6.07) is 3.85. The number of aliphatic carboxylic acids is 1. The van der Waals surface area contributed by atoms with Crippen LogP contribution in [0.1, 0.15) is 72.7 Å². The van der Waals surface area contributed by atoms with Gasteiger partial charge < -0.3 is 5.11 Å². The van der Waals surface area contributed by atoms with Gasteiger partial charge in [-0.15, -0.1) is 0 Å². The molecule has 2 atom stereocenters. The predicted octanol–water partition coefficient (Wildman–Crippen LogP) is 1.33. The molecule has 206 valence electrons. The molecule has 3 saturated heterocycles. The van der Waals surface area contributed by atoms with Crippen LogP contribution >= 0.6 is 0 Å². The molecule has 4 aliphatic rings. The Morgan fingerprint density at radius 2 is 1.69 bits per heavy atom. The van der Waals surface area contributed by atoms with Gasteiger partial charge in [0, 0.05) is 50.1 Å². The Kier molecular flexibility index (Phi) is 7.08. The Morgan fingerprint density at radius 1 is 1.03 bits per heavy atom. The van der Waals surface area contributed by atoms with Crippen LogP contribution in [0.5, 0.6) is 0 Å². The first-order valence-corrected chi connectivity index (χ1v) is 13.5. The summed E-state index contributed by atoms with van der Waals surface area (Å²) in [7, 11) is 0. The second-order valence-corrected chi connectivity index (χ2v) is 12.0. The van der Waals surface area contributed by atoms with Crippen molar-refractivity contribution in [2.24, 2.45) is 11.3 Å². The highest BCUT2D eigenvalue weighted by Crippen LogP contribution is 2.31. The standard InChI is InChI=1S/C29H34N4O6/c1-29(2,3)24(28(38)39)31-12-10-19(11-13-31)32-15-18(16-32)5-4-17-6-7-20-21(14-17)27(37)33(26(20)36)22-8-9-23(34)30-25(22)35/h6-7,14,18-19,22,24H,8-13,15-16H2,1-3H3,(H,38,39)(H,30,34,35). The average molecular weight is 535 g/mol. The molecule has 0 saturated carbocycles. The molecule has 39 heavy (non-hydrogen) atoms. The lowest BCUT2D eigenvalue weighted by atomic mass is 9.84. The van der Waals surface area contributed by atoms with E-state index in [9.17, 15) is 29.1 Å². The van der Waals surface area contributed by atoms with Gasteiger partial charge in [-0.2, -0.15) is 0 Å². The maximum absolute atomic E-state index is 13.0. The van der Waals surface area contributed by atoms with E-state index in [1.807, 2.05) is 20.8 Å². The molecule has 0 spiro atoms. The van der Waals surface area contributed by atoms with E-state index in [-0.39, 0.29) is 35.3 Å². The second kappa shape index (κ2) is 10.2. The lowest BCUT2D eigenvalue weighted by Gasteiger charge is -2.47. The number of piperidine rings is 2. The number of amides is 4. The number of imide groups is 2. The highest BCUT2D eigenvalue weighted by atomic mass is 16.4. The fraction of sp³-hybridized carbons (Fsp3) is 0.552. The number of benzene rings is 1. The number of rotatable bonds is 4. The van der Waals surface area contributed by atoms with Crippen molar-refractivity contribution in [3.8, 4) is 11.8 Å². The number of nitrogens with zero attached hydrogens (tertiary/aromatic N) is 3. The van der Waals surface area contributed by atoms with E-state index in [2.05, 4.69) is 27.0 Å². The lowest BCUT2D eigenvalue weighted by Crippen LogP contribution is -2.58. The number of hydrogen-bond acceptors (Lipinski definition) is 7. The summed E-state index contributed by atoms with van der Waals surface area (Å²) in [5.74, 6) is 3.76. The number of carboxylic acids is 1. The third kappa shape index (κ3) is 5.21. The largest absolute Gasteiger partial charge is 0.480 e. The lowest BCUT2D eigenvalue weighted by molar-refractivity contribution is -0.149. The summed E-state index contributed by atoms with van der Waals surface area (Å²) in [6.07, 6.45) is 2.07. The van der Waals surface area contributed by atoms with E-state index in [1.165, 1.54) is 0 Å². The summed E-state index contributed by atoms with van der Waals surface area (Å²) in [5.41, 5.74) is 0.782. The first kappa shape index (κ1) is 27.0. The molecule has 10 heteroatoms. The van der Waals surface area contributed by atoms with E-state index in [0.29, 0.717) is 11.6 Å². The fourth-order valence-corrected chi connectivity index (χ4v) is 6.22. The number of nitrogens with one attached hydrogen (secondary N) is 1. The van der Waals surface area contributed by atoms with Crippen LogP contribution in [0, 0.1) is 23.2 Å². The van der Waals surface area contributed by atoms with Gasteiger partial charge in [0.1, 0.15) is 12.1 Å². The third-order valence-corrected chi connectivity index (χ3v) is 8.21. The van der Waals surface area contributed by atoms with E-state index in [0.717, 1.165) is 43.9 Å². The van der Waals surface area contributed by atoms with Crippen LogP contribution in [-0.2, 0) is 14.4 Å². The summed E-state index contributed by atoms with van der Waals surface area (Å²) in [5, 5.41) is 11.9. The normalized spacial score (nSPS) is 24.1. The van der Waals surface area contributed by atoms with Gasteiger partial charge in [0.2, 0.25) is 11.8 Å². The van der Waals surface area contributed by atoms with Crippen molar-refractivity contribution < 1.29 is 29.1 Å². The molecule has 4 heterocycles. The van der Waals surface area contributed by atoms with Crippen LogP contribution in [0.3, 0.4) is 0 Å². The number of carbonyl (C=O) groups is 5. The Hall–Kier alpha value is -3.55. The molecule has 0 aliphatic carbocycles. The molecule has 2 N–H and O–H groups in total. The van der Waals surface area contributed by atoms with Crippen LogP contribution in [0.15, 0.2) is 18.2 Å². The first-order valence-electron chi connectivity index (χ1n) is 13.5. The van der Waals surface area contributed by atoms with Gasteiger partial charge >= 0.3 is 5.97 Å². The van der Waals surface area contributed by atoms with Gasteiger partial charge in [-0.3, -0.25) is 44.0 Å². The summed E-state index contributed by atoms with van der Waals surface area (Å²) in [6.45, 7) is 9.15. The number of likely N-dealkylation sites (tertiary alicyclic amines) is 2. The molecular formula is C29H34N4O6. The highest BCUT2D eigenvalue weighted by Gasteiger charge is 2.45. The summed E-state index contributed by atoms with van der Waals surface area (Å²) in [4.78, 5) is 66.9. The quantitative estimate of drug-likeness (QED) is 0.438. The number of carboxylic acid groups (broad SMARTS) is 1. The van der Waals surface area contributed by atoms with E-state index >= 15 is 0 Å². The molecule has 1 aromatic rings. The molecular weight excluding hydrogens is 500 g/mol. The van der Waals surface area contributed by atoms with Crippen molar-refractivity contribution in [1.82, 2.24) is 20.0 Å². The van der Waals surface area contributed by atoms with Gasteiger partial charge in [0.15, 0.2) is 0 Å². The number of fused-ring (bicyclic) bond motifs is 1. The molecule has 0 bridgehead atoms. The second-order valence-electron chi connectivity index (χ2n) is 12.0. The zero-order chi connectivity index (χ0) is 28.1. The monoisotopic (exact) mass is 534 g/mol. The van der Waals surface area contributed by atoms with Crippen molar-refractivity contribution in [1.29, 1.82) is 0 Å². The van der Waals surface area contributed by atoms with Crippen LogP contribution in [0.4, 0.5) is 0 Å². The third-order valence-electron chi connectivity index (χ3n) is 8.21. The Morgan fingerprint density at radius 3 is 2.31 bits per heavy atom. The van der Waals surface area contributed by atoms with Crippen molar-refractivity contribution in [3.63, 3.8) is 0 Å². The van der Waals surface area contributed by atoms with Gasteiger partial charge in [-0.1, -0.05) is 32.6 Å². The van der Waals surface area contributed by atoms with Crippen molar-refractivity contribution in [2.75, 3.05) is 26.2 Å². The molecule has 0 aromatic heterocycles. The zero-order valence-corrected chi connectivity index (χ0v) is 22.5. The molecule has 1 aromatic carbocycles. The van der Waals surface area contributed by atoms with Gasteiger partial charge in [0.05, 0.1) is 11.1 Å².